The van der Waals surface area contributed by atoms with Gasteiger partial charge in [-0.15, -0.1) is 0 Å². The minimum atomic E-state index is -0.369. The molecule has 1 amide bonds. The molecule has 0 aromatic rings. The molecule has 62 valence electrons. The van der Waals surface area contributed by atoms with E-state index in [1.807, 2.05) is 0 Å². The van der Waals surface area contributed by atoms with E-state index in [9.17, 15) is 9.59 Å². The monoisotopic (exact) mass is 157 g/mol. The Labute approximate surface area is 65.1 Å². The molecule has 1 heterocycles. The van der Waals surface area contributed by atoms with Gasteiger partial charge in [0.25, 0.3) is 0 Å². The summed E-state index contributed by atoms with van der Waals surface area (Å²) in [6.07, 6.45) is 0.107. The van der Waals surface area contributed by atoms with Crippen LogP contribution in [0.25, 0.3) is 0 Å². The highest BCUT2D eigenvalue weighted by Gasteiger charge is 2.22. The summed E-state index contributed by atoms with van der Waals surface area (Å²) in [6, 6.07) is 0. The Kier molecular flexibility index (Phi) is 2.46. The first-order valence-electron chi connectivity index (χ1n) is 3.67. The van der Waals surface area contributed by atoms with Crippen LogP contribution >= 0.6 is 0 Å². The topological polar surface area (TPSA) is 46.6 Å². The molecule has 1 saturated heterocycles. The molecule has 1 aliphatic heterocycles. The molecule has 0 aromatic carbocycles. The van der Waals surface area contributed by atoms with Crippen LogP contribution in [-0.2, 0) is 9.53 Å². The highest BCUT2D eigenvalue weighted by atomic mass is 16.6. The minimum Gasteiger partial charge on any atom is -0.448 e. The Bertz CT molecular complexity index is 179. The van der Waals surface area contributed by atoms with E-state index in [0.29, 0.717) is 19.6 Å². The quantitative estimate of drug-likeness (QED) is 0.596. The van der Waals surface area contributed by atoms with Gasteiger partial charge in [0.05, 0.1) is 13.1 Å². The van der Waals surface area contributed by atoms with E-state index < -0.39 is 0 Å². The van der Waals surface area contributed by atoms with E-state index in [-0.39, 0.29) is 18.4 Å². The largest absolute Gasteiger partial charge is 0.448 e. The van der Waals surface area contributed by atoms with Gasteiger partial charge in [-0.05, 0) is 0 Å². The third kappa shape index (κ3) is 1.93. The van der Waals surface area contributed by atoms with Crippen LogP contribution in [0.3, 0.4) is 0 Å². The predicted octanol–water partition coefficient (Wildman–Crippen LogP) is 0.418. The van der Waals surface area contributed by atoms with Gasteiger partial charge in [0.2, 0.25) is 0 Å². The minimum absolute atomic E-state index is 0.0730. The Morgan fingerprint density at radius 3 is 2.91 bits per heavy atom. The third-order valence-electron chi connectivity index (χ3n) is 1.61. The number of ether oxygens (including phenoxy) is 1. The summed E-state index contributed by atoms with van der Waals surface area (Å²) in [6.45, 7) is 2.94. The Balaban J connectivity index is 2.36. The van der Waals surface area contributed by atoms with Crippen LogP contribution < -0.4 is 0 Å². The molecule has 0 N–H and O–H groups in total. The normalized spacial score (nSPS) is 16.8. The third-order valence-corrected chi connectivity index (χ3v) is 1.61. The fourth-order valence-corrected chi connectivity index (χ4v) is 0.894. The molecule has 0 unspecified atom stereocenters. The van der Waals surface area contributed by atoms with Crippen LogP contribution in [0.5, 0.6) is 0 Å². The summed E-state index contributed by atoms with van der Waals surface area (Å²) in [5.41, 5.74) is 0. The smallest absolute Gasteiger partial charge is 0.410 e. The molecule has 1 fully saturated rings. The molecule has 0 bridgehead atoms. The van der Waals surface area contributed by atoms with Crippen molar-refractivity contribution in [1.82, 2.24) is 4.90 Å². The number of carbonyl (C=O) groups is 2. The second-order valence-electron chi connectivity index (χ2n) is 2.43. The van der Waals surface area contributed by atoms with Crippen LogP contribution in [0, 0.1) is 0 Å². The zero-order chi connectivity index (χ0) is 8.27. The second kappa shape index (κ2) is 3.37. The molecule has 0 radical (unpaired) electrons. The van der Waals surface area contributed by atoms with E-state index in [0.717, 1.165) is 0 Å². The molecule has 4 nitrogen and oxygen atoms in total. The summed E-state index contributed by atoms with van der Waals surface area (Å²) in [7, 11) is 0. The molecule has 1 rings (SSSR count). The summed E-state index contributed by atoms with van der Waals surface area (Å²) >= 11 is 0. The van der Waals surface area contributed by atoms with Gasteiger partial charge in [-0.3, -0.25) is 9.69 Å². The first-order valence-corrected chi connectivity index (χ1v) is 3.67. The number of carbonyl (C=O) groups excluding carboxylic acids is 2. The fraction of sp³-hybridized carbons (Fsp3) is 0.714. The van der Waals surface area contributed by atoms with Crippen LogP contribution in [0.4, 0.5) is 4.79 Å². The zero-order valence-electron chi connectivity index (χ0n) is 6.50. The van der Waals surface area contributed by atoms with Gasteiger partial charge >= 0.3 is 6.09 Å². The highest BCUT2D eigenvalue weighted by Crippen LogP contribution is 2.02. The second-order valence-corrected chi connectivity index (χ2v) is 2.43. The summed E-state index contributed by atoms with van der Waals surface area (Å²) in [4.78, 5) is 23.1. The number of rotatable bonds is 3. The summed E-state index contributed by atoms with van der Waals surface area (Å²) in [5.74, 6) is 0.0730. The van der Waals surface area contributed by atoms with E-state index in [1.165, 1.54) is 4.90 Å². The molecule has 0 aromatic heterocycles. The Hall–Kier alpha value is -1.06. The van der Waals surface area contributed by atoms with Gasteiger partial charge in [0.15, 0.2) is 5.78 Å². The molecule has 1 aliphatic rings. The average molecular weight is 157 g/mol. The maximum absolute atomic E-state index is 10.9. The number of Topliss-reactive ketones (excluding diaryl/α,β-unsaturated/α-hetero) is 1. The van der Waals surface area contributed by atoms with E-state index >= 15 is 0 Å². The number of nitrogens with zero attached hydrogens (tertiary/aromatic N) is 1. The Morgan fingerprint density at radius 2 is 2.45 bits per heavy atom. The van der Waals surface area contributed by atoms with Gasteiger partial charge < -0.3 is 4.74 Å². The predicted molar refractivity (Wildman–Crippen MR) is 38.2 cm³/mol. The van der Waals surface area contributed by atoms with Crippen LogP contribution in [0.1, 0.15) is 13.3 Å². The lowest BCUT2D eigenvalue weighted by Crippen LogP contribution is -2.30. The lowest BCUT2D eigenvalue weighted by Gasteiger charge is -2.09. The van der Waals surface area contributed by atoms with Gasteiger partial charge in [-0.2, -0.15) is 0 Å². The van der Waals surface area contributed by atoms with Crippen molar-refractivity contribution in [3.8, 4) is 0 Å². The Morgan fingerprint density at radius 1 is 1.73 bits per heavy atom. The maximum Gasteiger partial charge on any atom is 0.410 e. The standard InChI is InChI=1S/C7H11NO3/c1-2-6(9)5-8-3-4-11-7(8)10/h2-5H2,1H3. The summed E-state index contributed by atoms with van der Waals surface area (Å²) in [5, 5.41) is 0. The van der Waals surface area contributed by atoms with Crippen molar-refractivity contribution in [2.45, 2.75) is 13.3 Å². The summed E-state index contributed by atoms with van der Waals surface area (Å²) < 4.78 is 4.65. The molecular formula is C7H11NO3. The molecule has 0 atom stereocenters. The van der Waals surface area contributed by atoms with E-state index in [1.54, 1.807) is 6.92 Å². The van der Waals surface area contributed by atoms with Crippen LogP contribution in [0.2, 0.25) is 0 Å². The van der Waals surface area contributed by atoms with Crippen LogP contribution in [0.15, 0.2) is 0 Å². The van der Waals surface area contributed by atoms with E-state index in [2.05, 4.69) is 4.74 Å². The number of amides is 1. The van der Waals surface area contributed by atoms with Crippen molar-refractivity contribution in [2.75, 3.05) is 19.7 Å². The first kappa shape index (κ1) is 8.04. The fourth-order valence-electron chi connectivity index (χ4n) is 0.894. The van der Waals surface area contributed by atoms with Crippen molar-refractivity contribution in [3.63, 3.8) is 0 Å². The molecule has 11 heavy (non-hydrogen) atoms. The van der Waals surface area contributed by atoms with Crippen molar-refractivity contribution in [2.24, 2.45) is 0 Å². The molecule has 0 aliphatic carbocycles. The average Bonchev–Trinajstić information content (AvgIpc) is 2.37. The van der Waals surface area contributed by atoms with Gasteiger partial charge in [-0.25, -0.2) is 4.79 Å². The molecular weight excluding hydrogens is 146 g/mol. The maximum atomic E-state index is 10.9. The van der Waals surface area contributed by atoms with Gasteiger partial charge in [-0.1, -0.05) is 6.92 Å². The van der Waals surface area contributed by atoms with Crippen molar-refractivity contribution >= 4 is 11.9 Å². The lowest BCUT2D eigenvalue weighted by molar-refractivity contribution is -0.119. The molecule has 0 saturated carbocycles. The molecule has 4 heteroatoms. The van der Waals surface area contributed by atoms with Crippen LogP contribution in [-0.4, -0.2) is 36.5 Å². The SMILES string of the molecule is CCC(=O)CN1CCOC1=O. The first-order chi connectivity index (χ1) is 5.24. The lowest BCUT2D eigenvalue weighted by atomic mass is 10.3. The van der Waals surface area contributed by atoms with Crippen molar-refractivity contribution in [1.29, 1.82) is 0 Å². The van der Waals surface area contributed by atoms with Crippen molar-refractivity contribution in [3.05, 3.63) is 0 Å². The highest BCUT2D eigenvalue weighted by molar-refractivity contribution is 5.84. The van der Waals surface area contributed by atoms with E-state index in [4.69, 9.17) is 0 Å². The zero-order valence-corrected chi connectivity index (χ0v) is 6.50. The number of hydrogen-bond acceptors (Lipinski definition) is 3. The van der Waals surface area contributed by atoms with Gasteiger partial charge in [0, 0.05) is 6.42 Å². The number of cyclic esters (lactones) is 1. The van der Waals surface area contributed by atoms with Crippen molar-refractivity contribution < 1.29 is 14.3 Å². The number of hydrogen-bond donors (Lipinski definition) is 0. The number of ketones is 1. The van der Waals surface area contributed by atoms with Gasteiger partial charge in [0.1, 0.15) is 6.61 Å². The molecule has 0 spiro atoms.